The predicted octanol–water partition coefficient (Wildman–Crippen LogP) is 3.70. The molecule has 0 radical (unpaired) electrons. The fourth-order valence-corrected chi connectivity index (χ4v) is 2.47. The number of fused-ring (bicyclic) bond motifs is 1. The van der Waals surface area contributed by atoms with Gasteiger partial charge in [0.2, 0.25) is 0 Å². The molecular weight excluding hydrogens is 316 g/mol. The molecule has 1 aliphatic rings. The van der Waals surface area contributed by atoms with Gasteiger partial charge in [-0.2, -0.15) is 5.26 Å². The Balaban J connectivity index is 1.87. The molecule has 0 saturated heterocycles. The molecule has 0 spiro atoms. The van der Waals surface area contributed by atoms with Gasteiger partial charge in [0.05, 0.1) is 13.2 Å². The number of carbonyl (C=O) groups is 1. The highest BCUT2D eigenvalue weighted by Crippen LogP contribution is 2.34. The van der Waals surface area contributed by atoms with Crippen molar-refractivity contribution in [2.24, 2.45) is 0 Å². The van der Waals surface area contributed by atoms with E-state index < -0.39 is 5.91 Å². The zero-order valence-corrected chi connectivity index (χ0v) is 13.9. The van der Waals surface area contributed by atoms with Crippen LogP contribution >= 0.6 is 0 Å². The van der Waals surface area contributed by atoms with Crippen LogP contribution in [0.4, 0.5) is 5.69 Å². The van der Waals surface area contributed by atoms with Gasteiger partial charge >= 0.3 is 0 Å². The predicted molar refractivity (Wildman–Crippen MR) is 95.4 cm³/mol. The van der Waals surface area contributed by atoms with Crippen molar-refractivity contribution in [2.45, 2.75) is 13.3 Å². The number of amides is 1. The minimum Gasteiger partial charge on any atom is -0.490 e. The summed E-state index contributed by atoms with van der Waals surface area (Å²) in [4.78, 5) is 12.4. The topological polar surface area (TPSA) is 71.4 Å². The van der Waals surface area contributed by atoms with E-state index in [0.29, 0.717) is 36.0 Å². The minimum absolute atomic E-state index is 0.00169. The van der Waals surface area contributed by atoms with Crippen molar-refractivity contribution in [3.8, 4) is 17.6 Å². The summed E-state index contributed by atoms with van der Waals surface area (Å²) in [5, 5.41) is 12.1. The molecule has 25 heavy (non-hydrogen) atoms. The summed E-state index contributed by atoms with van der Waals surface area (Å²) in [5.41, 5.74) is 2.39. The molecule has 2 aromatic rings. The Labute approximate surface area is 146 Å². The summed E-state index contributed by atoms with van der Waals surface area (Å²) in [7, 11) is 0. The molecule has 1 N–H and O–H groups in total. The molecule has 5 nitrogen and oxygen atoms in total. The third-order valence-electron chi connectivity index (χ3n) is 3.78. The Hall–Kier alpha value is -3.26. The number of para-hydroxylation sites is 1. The lowest BCUT2D eigenvalue weighted by molar-refractivity contribution is -0.112. The molecule has 126 valence electrons. The summed E-state index contributed by atoms with van der Waals surface area (Å²) in [5.74, 6) is 0.733. The van der Waals surface area contributed by atoms with Crippen LogP contribution in [-0.2, 0) is 4.79 Å². The van der Waals surface area contributed by atoms with Crippen LogP contribution < -0.4 is 14.8 Å². The number of nitrogens with one attached hydrogen (secondary N) is 1. The number of rotatable bonds is 3. The number of ether oxygens (including phenoxy) is 2. The second kappa shape index (κ2) is 7.54. The highest BCUT2D eigenvalue weighted by Gasteiger charge is 2.16. The van der Waals surface area contributed by atoms with Crippen LogP contribution in [0, 0.1) is 18.3 Å². The Morgan fingerprint density at radius 1 is 1.16 bits per heavy atom. The van der Waals surface area contributed by atoms with Gasteiger partial charge in [0.1, 0.15) is 11.6 Å². The van der Waals surface area contributed by atoms with Crippen molar-refractivity contribution >= 4 is 17.7 Å². The average Bonchev–Trinajstić information content (AvgIpc) is 2.87. The standard InChI is InChI=1S/C20H18N2O3/c1-14-6-8-17(9-7-14)22-20(23)16(13-21)12-15-4-2-5-18-19(15)25-11-3-10-24-18/h2,4-9,12H,3,10-11H2,1H3,(H,22,23)/b16-12+. The third-order valence-corrected chi connectivity index (χ3v) is 3.78. The number of hydrogen-bond donors (Lipinski definition) is 1. The van der Waals surface area contributed by atoms with Crippen molar-refractivity contribution in [3.63, 3.8) is 0 Å². The van der Waals surface area contributed by atoms with Gasteiger partial charge in [0.25, 0.3) is 5.91 Å². The van der Waals surface area contributed by atoms with E-state index in [1.165, 1.54) is 6.08 Å². The van der Waals surface area contributed by atoms with Gasteiger partial charge in [-0.25, -0.2) is 0 Å². The van der Waals surface area contributed by atoms with E-state index in [-0.39, 0.29) is 5.57 Å². The Bertz CT molecular complexity index is 848. The van der Waals surface area contributed by atoms with Crippen LogP contribution in [0.1, 0.15) is 17.5 Å². The molecule has 1 heterocycles. The molecule has 5 heteroatoms. The lowest BCUT2D eigenvalue weighted by atomic mass is 10.1. The van der Waals surface area contributed by atoms with E-state index in [4.69, 9.17) is 9.47 Å². The van der Waals surface area contributed by atoms with Crippen LogP contribution in [0.15, 0.2) is 48.0 Å². The SMILES string of the molecule is Cc1ccc(NC(=O)/C(C#N)=C/c2cccc3c2OCCCO3)cc1. The van der Waals surface area contributed by atoms with Gasteiger partial charge < -0.3 is 14.8 Å². The number of hydrogen-bond acceptors (Lipinski definition) is 4. The van der Waals surface area contributed by atoms with E-state index in [9.17, 15) is 10.1 Å². The minimum atomic E-state index is -0.460. The van der Waals surface area contributed by atoms with Crippen molar-refractivity contribution in [1.29, 1.82) is 5.26 Å². The Morgan fingerprint density at radius 3 is 2.68 bits per heavy atom. The van der Waals surface area contributed by atoms with Crippen LogP contribution in [0.3, 0.4) is 0 Å². The lowest BCUT2D eigenvalue weighted by Gasteiger charge is -2.10. The summed E-state index contributed by atoms with van der Waals surface area (Å²) in [6, 6.07) is 14.8. The number of aryl methyl sites for hydroxylation is 1. The molecule has 0 atom stereocenters. The Morgan fingerprint density at radius 2 is 1.92 bits per heavy atom. The molecule has 0 saturated carbocycles. The Kier molecular flexibility index (Phi) is 5.00. The molecule has 0 aromatic heterocycles. The second-order valence-electron chi connectivity index (χ2n) is 5.71. The molecule has 0 fully saturated rings. The van der Waals surface area contributed by atoms with Crippen LogP contribution in [0.2, 0.25) is 0 Å². The molecular formula is C20H18N2O3. The van der Waals surface area contributed by atoms with Gasteiger partial charge in [-0.15, -0.1) is 0 Å². The van der Waals surface area contributed by atoms with E-state index in [2.05, 4.69) is 5.32 Å². The zero-order chi connectivity index (χ0) is 17.6. The quantitative estimate of drug-likeness (QED) is 0.686. The van der Waals surface area contributed by atoms with Gasteiger partial charge in [-0.05, 0) is 31.2 Å². The zero-order valence-electron chi connectivity index (χ0n) is 13.9. The third kappa shape index (κ3) is 3.99. The van der Waals surface area contributed by atoms with E-state index in [1.54, 1.807) is 18.2 Å². The number of benzene rings is 2. The molecule has 2 aromatic carbocycles. The maximum atomic E-state index is 12.4. The molecule has 0 aliphatic carbocycles. The van der Waals surface area contributed by atoms with Crippen molar-refractivity contribution in [1.82, 2.24) is 0 Å². The first-order valence-corrected chi connectivity index (χ1v) is 8.06. The first-order valence-electron chi connectivity index (χ1n) is 8.06. The highest BCUT2D eigenvalue weighted by molar-refractivity contribution is 6.09. The highest BCUT2D eigenvalue weighted by atomic mass is 16.5. The lowest BCUT2D eigenvalue weighted by Crippen LogP contribution is -2.13. The fourth-order valence-electron chi connectivity index (χ4n) is 2.47. The summed E-state index contributed by atoms with van der Waals surface area (Å²) in [6.07, 6.45) is 2.31. The molecule has 3 rings (SSSR count). The summed E-state index contributed by atoms with van der Waals surface area (Å²) < 4.78 is 11.4. The maximum Gasteiger partial charge on any atom is 0.266 e. The monoisotopic (exact) mass is 334 g/mol. The number of anilines is 1. The summed E-state index contributed by atoms with van der Waals surface area (Å²) >= 11 is 0. The van der Waals surface area contributed by atoms with Crippen molar-refractivity contribution in [3.05, 3.63) is 59.2 Å². The van der Waals surface area contributed by atoms with E-state index in [0.717, 1.165) is 12.0 Å². The molecule has 0 unspecified atom stereocenters. The number of nitrogens with zero attached hydrogens (tertiary/aromatic N) is 1. The van der Waals surface area contributed by atoms with Crippen molar-refractivity contribution in [2.75, 3.05) is 18.5 Å². The van der Waals surface area contributed by atoms with E-state index in [1.807, 2.05) is 37.3 Å². The molecule has 1 aliphatic heterocycles. The number of carbonyl (C=O) groups excluding carboxylic acids is 1. The van der Waals surface area contributed by atoms with Gasteiger partial charge in [0.15, 0.2) is 11.5 Å². The first-order chi connectivity index (χ1) is 12.2. The normalized spacial score (nSPS) is 13.5. The summed E-state index contributed by atoms with van der Waals surface area (Å²) in [6.45, 7) is 3.09. The largest absolute Gasteiger partial charge is 0.490 e. The molecule has 1 amide bonds. The smallest absolute Gasteiger partial charge is 0.266 e. The van der Waals surface area contributed by atoms with Gasteiger partial charge in [0, 0.05) is 17.7 Å². The maximum absolute atomic E-state index is 12.4. The van der Waals surface area contributed by atoms with Crippen LogP contribution in [0.5, 0.6) is 11.5 Å². The fraction of sp³-hybridized carbons (Fsp3) is 0.200. The first kappa shape index (κ1) is 16.6. The van der Waals surface area contributed by atoms with Crippen molar-refractivity contribution < 1.29 is 14.3 Å². The number of nitriles is 1. The molecule has 0 bridgehead atoms. The van der Waals surface area contributed by atoms with Gasteiger partial charge in [-0.1, -0.05) is 29.8 Å². The van der Waals surface area contributed by atoms with Crippen LogP contribution in [0.25, 0.3) is 6.08 Å². The van der Waals surface area contributed by atoms with Crippen LogP contribution in [-0.4, -0.2) is 19.1 Å². The van der Waals surface area contributed by atoms with E-state index >= 15 is 0 Å². The average molecular weight is 334 g/mol. The second-order valence-corrected chi connectivity index (χ2v) is 5.71. The van der Waals surface area contributed by atoms with Gasteiger partial charge in [-0.3, -0.25) is 4.79 Å².